The van der Waals surface area contributed by atoms with Gasteiger partial charge in [-0.2, -0.15) is 0 Å². The quantitative estimate of drug-likeness (QED) is 0.432. The molecule has 7 nitrogen and oxygen atoms in total. The van der Waals surface area contributed by atoms with Crippen LogP contribution in [0.3, 0.4) is 0 Å². The van der Waals surface area contributed by atoms with Crippen LogP contribution in [0.4, 0.5) is 11.4 Å². The van der Waals surface area contributed by atoms with E-state index in [0.29, 0.717) is 42.3 Å². The smallest absolute Gasteiger partial charge is 0.283 e. The topological polar surface area (TPSA) is 87.7 Å². The normalized spacial score (nSPS) is 13.3. The van der Waals surface area contributed by atoms with Crippen LogP contribution >= 0.6 is 11.6 Å². The van der Waals surface area contributed by atoms with Crippen molar-refractivity contribution in [1.29, 1.82) is 0 Å². The summed E-state index contributed by atoms with van der Waals surface area (Å²) in [6.45, 7) is 2.86. The van der Waals surface area contributed by atoms with Crippen LogP contribution in [0.25, 0.3) is 0 Å². The maximum absolute atomic E-state index is 13.0. The van der Waals surface area contributed by atoms with Gasteiger partial charge in [-0.1, -0.05) is 48.0 Å². The minimum Gasteiger partial charge on any atom is -0.494 e. The number of benzene rings is 3. The highest BCUT2D eigenvalue weighted by Gasteiger charge is 2.39. The molecule has 0 aromatic heterocycles. The minimum absolute atomic E-state index is 0.0489. The van der Waals surface area contributed by atoms with Gasteiger partial charge in [0.05, 0.1) is 12.3 Å². The monoisotopic (exact) mass is 489 g/mol. The van der Waals surface area contributed by atoms with Crippen molar-refractivity contribution in [1.82, 2.24) is 5.32 Å². The van der Waals surface area contributed by atoms with Crippen LogP contribution < -0.4 is 20.3 Å². The molecule has 3 aromatic rings. The second-order valence-corrected chi connectivity index (χ2v) is 8.14. The van der Waals surface area contributed by atoms with Gasteiger partial charge < -0.3 is 15.4 Å². The molecule has 35 heavy (non-hydrogen) atoms. The van der Waals surface area contributed by atoms with E-state index in [4.69, 9.17) is 16.3 Å². The zero-order valence-electron chi connectivity index (χ0n) is 19.1. The highest BCUT2D eigenvalue weighted by Crippen LogP contribution is 2.31. The Morgan fingerprint density at radius 3 is 2.40 bits per heavy atom. The van der Waals surface area contributed by atoms with Crippen LogP contribution in [0.1, 0.15) is 22.8 Å². The first-order valence-corrected chi connectivity index (χ1v) is 11.6. The first kappa shape index (κ1) is 24.0. The third-order valence-corrected chi connectivity index (χ3v) is 5.72. The molecular weight excluding hydrogens is 466 g/mol. The Morgan fingerprint density at radius 2 is 1.69 bits per heavy atom. The lowest BCUT2D eigenvalue weighted by Crippen LogP contribution is -2.32. The molecule has 178 valence electrons. The summed E-state index contributed by atoms with van der Waals surface area (Å²) in [6, 6.07) is 23.1. The summed E-state index contributed by atoms with van der Waals surface area (Å²) in [7, 11) is 0. The molecule has 0 saturated carbocycles. The summed E-state index contributed by atoms with van der Waals surface area (Å²) in [5.74, 6) is -0.818. The zero-order chi connectivity index (χ0) is 24.8. The lowest BCUT2D eigenvalue weighted by atomic mass is 10.1. The fourth-order valence-corrected chi connectivity index (χ4v) is 3.87. The molecule has 1 aliphatic heterocycles. The number of anilines is 2. The Morgan fingerprint density at radius 1 is 0.943 bits per heavy atom. The van der Waals surface area contributed by atoms with E-state index in [1.807, 2.05) is 37.3 Å². The molecule has 3 aromatic carbocycles. The van der Waals surface area contributed by atoms with Gasteiger partial charge in [0.15, 0.2) is 0 Å². The molecule has 1 heterocycles. The molecule has 0 unspecified atom stereocenters. The number of hydrogen-bond donors (Lipinski definition) is 2. The second-order valence-electron chi connectivity index (χ2n) is 7.76. The van der Waals surface area contributed by atoms with Gasteiger partial charge in [0.1, 0.15) is 16.5 Å². The predicted molar refractivity (Wildman–Crippen MR) is 136 cm³/mol. The van der Waals surface area contributed by atoms with E-state index in [2.05, 4.69) is 10.6 Å². The zero-order valence-corrected chi connectivity index (χ0v) is 19.8. The fourth-order valence-electron chi connectivity index (χ4n) is 3.65. The summed E-state index contributed by atoms with van der Waals surface area (Å²) in [5, 5.41) is 5.58. The fraction of sp³-hybridized carbons (Fsp3) is 0.148. The Balaban J connectivity index is 1.43. The Hall–Kier alpha value is -4.10. The number of halogens is 1. The van der Waals surface area contributed by atoms with Gasteiger partial charge in [-0.15, -0.1) is 0 Å². The van der Waals surface area contributed by atoms with Gasteiger partial charge in [-0.25, -0.2) is 4.90 Å². The summed E-state index contributed by atoms with van der Waals surface area (Å²) >= 11 is 6.23. The number of hydrogen-bond acceptors (Lipinski definition) is 5. The van der Waals surface area contributed by atoms with Crippen LogP contribution in [0.2, 0.25) is 0 Å². The number of imide groups is 1. The molecule has 0 atom stereocenters. The largest absolute Gasteiger partial charge is 0.494 e. The predicted octanol–water partition coefficient (Wildman–Crippen LogP) is 4.49. The molecule has 0 aliphatic carbocycles. The van der Waals surface area contributed by atoms with Crippen LogP contribution in [-0.2, 0) is 16.0 Å². The summed E-state index contributed by atoms with van der Waals surface area (Å²) in [5.41, 5.74) is 2.34. The van der Waals surface area contributed by atoms with Crippen molar-refractivity contribution in [2.45, 2.75) is 13.3 Å². The van der Waals surface area contributed by atoms with Crippen molar-refractivity contribution < 1.29 is 19.1 Å². The van der Waals surface area contributed by atoms with Gasteiger partial charge in [0.2, 0.25) is 0 Å². The molecule has 4 rings (SSSR count). The van der Waals surface area contributed by atoms with Gasteiger partial charge in [-0.05, 0) is 61.4 Å². The molecular formula is C27H24ClN3O4. The van der Waals surface area contributed by atoms with E-state index in [-0.39, 0.29) is 16.6 Å². The Labute approximate surface area is 208 Å². The number of carbonyl (C=O) groups is 3. The van der Waals surface area contributed by atoms with E-state index in [1.165, 1.54) is 0 Å². The first-order chi connectivity index (χ1) is 17.0. The third kappa shape index (κ3) is 5.53. The van der Waals surface area contributed by atoms with Gasteiger partial charge in [0, 0.05) is 17.8 Å². The van der Waals surface area contributed by atoms with Crippen LogP contribution in [0, 0.1) is 0 Å². The van der Waals surface area contributed by atoms with E-state index >= 15 is 0 Å². The Bertz CT molecular complexity index is 1270. The van der Waals surface area contributed by atoms with E-state index in [0.717, 1.165) is 10.5 Å². The lowest BCUT2D eigenvalue weighted by Gasteiger charge is -2.16. The third-order valence-electron chi connectivity index (χ3n) is 5.37. The standard InChI is InChI=1S/C27H24ClN3O4/c1-2-35-22-13-11-21(12-14-22)31-26(33)23(28)24(27(31)34)30-20-10-6-9-19(17-20)25(32)29-16-15-18-7-4-3-5-8-18/h3-14,17,30H,2,15-16H2,1H3,(H,29,32). The van der Waals surface area contributed by atoms with Gasteiger partial charge in [-0.3, -0.25) is 14.4 Å². The first-order valence-electron chi connectivity index (χ1n) is 11.2. The van der Waals surface area contributed by atoms with Gasteiger partial charge >= 0.3 is 0 Å². The molecule has 0 bridgehead atoms. The number of ether oxygens (including phenoxy) is 1. The molecule has 0 fully saturated rings. The van der Waals surface area contributed by atoms with Crippen LogP contribution in [0.15, 0.2) is 89.6 Å². The maximum atomic E-state index is 13.0. The van der Waals surface area contributed by atoms with E-state index in [1.54, 1.807) is 48.5 Å². The highest BCUT2D eigenvalue weighted by molar-refractivity contribution is 6.53. The van der Waals surface area contributed by atoms with Crippen molar-refractivity contribution in [2.75, 3.05) is 23.4 Å². The highest BCUT2D eigenvalue weighted by atomic mass is 35.5. The molecule has 3 amide bonds. The average molecular weight is 490 g/mol. The minimum atomic E-state index is -0.627. The van der Waals surface area contributed by atoms with Crippen molar-refractivity contribution in [3.8, 4) is 5.75 Å². The summed E-state index contributed by atoms with van der Waals surface area (Å²) in [4.78, 5) is 39.3. The molecule has 2 N–H and O–H groups in total. The second kappa shape index (κ2) is 10.9. The number of carbonyl (C=O) groups excluding carboxylic acids is 3. The lowest BCUT2D eigenvalue weighted by molar-refractivity contribution is -0.120. The van der Waals surface area contributed by atoms with E-state index in [9.17, 15) is 14.4 Å². The summed E-state index contributed by atoms with van der Waals surface area (Å²) < 4.78 is 5.41. The van der Waals surface area contributed by atoms with Crippen molar-refractivity contribution in [3.05, 3.63) is 101 Å². The average Bonchev–Trinajstić information content (AvgIpc) is 3.08. The number of rotatable bonds is 9. The molecule has 0 radical (unpaired) electrons. The molecule has 0 spiro atoms. The molecule has 0 saturated heterocycles. The number of nitrogens with one attached hydrogen (secondary N) is 2. The van der Waals surface area contributed by atoms with Crippen molar-refractivity contribution in [3.63, 3.8) is 0 Å². The van der Waals surface area contributed by atoms with Crippen molar-refractivity contribution >= 4 is 40.7 Å². The van der Waals surface area contributed by atoms with Gasteiger partial charge in [0.25, 0.3) is 17.7 Å². The SMILES string of the molecule is CCOc1ccc(N2C(=O)C(Cl)=C(Nc3cccc(C(=O)NCCc4ccccc4)c3)C2=O)cc1. The van der Waals surface area contributed by atoms with E-state index < -0.39 is 11.8 Å². The summed E-state index contributed by atoms with van der Waals surface area (Å²) in [6.07, 6.45) is 0.713. The maximum Gasteiger partial charge on any atom is 0.283 e. The molecule has 1 aliphatic rings. The number of amides is 3. The van der Waals surface area contributed by atoms with Crippen LogP contribution in [-0.4, -0.2) is 30.9 Å². The van der Waals surface area contributed by atoms with Crippen molar-refractivity contribution in [2.24, 2.45) is 0 Å². The van der Waals surface area contributed by atoms with Crippen LogP contribution in [0.5, 0.6) is 5.75 Å². The number of nitrogens with zero attached hydrogens (tertiary/aromatic N) is 1. The molecule has 8 heteroatoms. The Kier molecular flexibility index (Phi) is 7.48.